The van der Waals surface area contributed by atoms with Crippen LogP contribution in [-0.4, -0.2) is 36.5 Å². The fraction of sp³-hybridized carbons (Fsp3) is 0.600. The highest BCUT2D eigenvalue weighted by atomic mass is 19.1. The summed E-state index contributed by atoms with van der Waals surface area (Å²) >= 11 is 0. The van der Waals surface area contributed by atoms with Crippen molar-refractivity contribution in [3.8, 4) is 0 Å². The van der Waals surface area contributed by atoms with Crippen molar-refractivity contribution < 1.29 is 14.2 Å². The van der Waals surface area contributed by atoms with Crippen LogP contribution in [0.1, 0.15) is 30.7 Å². The molecule has 1 aromatic rings. The van der Waals surface area contributed by atoms with Crippen LogP contribution in [0.25, 0.3) is 0 Å². The molecule has 1 saturated carbocycles. The normalized spacial score (nSPS) is 34.2. The van der Waals surface area contributed by atoms with Crippen LogP contribution in [0.15, 0.2) is 24.3 Å². The minimum Gasteiger partial charge on any atom is -0.386 e. The molecule has 0 bridgehead atoms. The van der Waals surface area contributed by atoms with E-state index in [9.17, 15) is 9.50 Å². The highest BCUT2D eigenvalue weighted by molar-refractivity contribution is 5.23. The van der Waals surface area contributed by atoms with E-state index in [4.69, 9.17) is 4.74 Å². The minimum atomic E-state index is -0.680. The molecule has 0 amide bonds. The average molecular weight is 265 g/mol. The van der Waals surface area contributed by atoms with Crippen LogP contribution in [0.2, 0.25) is 0 Å². The summed E-state index contributed by atoms with van der Waals surface area (Å²) in [5, 5.41) is 13.6. The first-order valence-electron chi connectivity index (χ1n) is 6.94. The van der Waals surface area contributed by atoms with E-state index in [2.05, 4.69) is 5.32 Å². The standard InChI is InChI=1S/C15H20FNO2/c16-13-3-1-11(2-4-13)12-7-14(8-12)17-9-15(18)5-6-19-10-15/h1-4,12,14,17-18H,5-10H2. The lowest BCUT2D eigenvalue weighted by Crippen LogP contribution is -2.48. The van der Waals surface area contributed by atoms with E-state index in [0.29, 0.717) is 38.1 Å². The summed E-state index contributed by atoms with van der Waals surface area (Å²) in [4.78, 5) is 0. The molecule has 3 rings (SSSR count). The second-order valence-corrected chi connectivity index (χ2v) is 5.82. The zero-order valence-electron chi connectivity index (χ0n) is 10.9. The van der Waals surface area contributed by atoms with Crippen molar-refractivity contribution in [1.29, 1.82) is 0 Å². The first-order chi connectivity index (χ1) is 9.15. The van der Waals surface area contributed by atoms with Crippen LogP contribution in [0.3, 0.4) is 0 Å². The summed E-state index contributed by atoms with van der Waals surface area (Å²) in [6.45, 7) is 1.70. The van der Waals surface area contributed by atoms with E-state index >= 15 is 0 Å². The maximum atomic E-state index is 12.8. The molecular weight excluding hydrogens is 245 g/mol. The predicted molar refractivity (Wildman–Crippen MR) is 70.6 cm³/mol. The Labute approximate surface area is 112 Å². The van der Waals surface area contributed by atoms with E-state index in [1.807, 2.05) is 12.1 Å². The summed E-state index contributed by atoms with van der Waals surface area (Å²) in [5.41, 5.74) is 0.531. The lowest BCUT2D eigenvalue weighted by atomic mass is 9.75. The van der Waals surface area contributed by atoms with Gasteiger partial charge in [-0.2, -0.15) is 0 Å². The number of halogens is 1. The van der Waals surface area contributed by atoms with Crippen molar-refractivity contribution >= 4 is 0 Å². The minimum absolute atomic E-state index is 0.179. The Hall–Kier alpha value is -0.970. The fourth-order valence-corrected chi connectivity index (χ4v) is 2.86. The van der Waals surface area contributed by atoms with Crippen molar-refractivity contribution in [2.45, 2.75) is 36.8 Å². The third kappa shape index (κ3) is 2.96. The second kappa shape index (κ2) is 5.19. The lowest BCUT2D eigenvalue weighted by Gasteiger charge is -2.38. The van der Waals surface area contributed by atoms with Gasteiger partial charge in [0.25, 0.3) is 0 Å². The second-order valence-electron chi connectivity index (χ2n) is 5.82. The van der Waals surface area contributed by atoms with E-state index < -0.39 is 5.60 Å². The largest absolute Gasteiger partial charge is 0.386 e. The predicted octanol–water partition coefficient (Wildman–Crippen LogP) is 1.81. The molecule has 0 radical (unpaired) electrons. The molecule has 4 heteroatoms. The highest BCUT2D eigenvalue weighted by Gasteiger charge is 2.35. The number of rotatable bonds is 4. The zero-order valence-corrected chi connectivity index (χ0v) is 10.9. The maximum absolute atomic E-state index is 12.8. The van der Waals surface area contributed by atoms with Crippen molar-refractivity contribution in [3.05, 3.63) is 35.6 Å². The monoisotopic (exact) mass is 265 g/mol. The summed E-state index contributed by atoms with van der Waals surface area (Å²) in [5.74, 6) is 0.341. The molecule has 2 N–H and O–H groups in total. The number of ether oxygens (including phenoxy) is 1. The van der Waals surface area contributed by atoms with Gasteiger partial charge in [-0.05, 0) is 36.5 Å². The highest BCUT2D eigenvalue weighted by Crippen LogP contribution is 2.37. The Kier molecular flexibility index (Phi) is 3.56. The van der Waals surface area contributed by atoms with Gasteiger partial charge in [-0.25, -0.2) is 4.39 Å². The van der Waals surface area contributed by atoms with Gasteiger partial charge in [0.05, 0.1) is 6.61 Å². The molecule has 1 saturated heterocycles. The Morgan fingerprint density at radius 2 is 2.05 bits per heavy atom. The molecule has 1 aliphatic carbocycles. The van der Waals surface area contributed by atoms with Crippen LogP contribution in [0.5, 0.6) is 0 Å². The Morgan fingerprint density at radius 3 is 2.68 bits per heavy atom. The molecule has 1 unspecified atom stereocenters. The molecule has 2 fully saturated rings. The molecular formula is C15H20FNO2. The van der Waals surface area contributed by atoms with Crippen LogP contribution < -0.4 is 5.32 Å². The summed E-state index contributed by atoms with van der Waals surface area (Å²) in [7, 11) is 0. The van der Waals surface area contributed by atoms with Gasteiger partial charge in [-0.1, -0.05) is 12.1 Å². The smallest absolute Gasteiger partial charge is 0.123 e. The molecule has 1 aliphatic heterocycles. The Balaban J connectivity index is 1.44. The lowest BCUT2D eigenvalue weighted by molar-refractivity contribution is 0.0216. The molecule has 0 aromatic heterocycles. The first kappa shape index (κ1) is 13.0. The first-order valence-corrected chi connectivity index (χ1v) is 6.94. The molecule has 19 heavy (non-hydrogen) atoms. The van der Waals surface area contributed by atoms with E-state index in [1.54, 1.807) is 0 Å². The number of aliphatic hydroxyl groups is 1. The van der Waals surface area contributed by atoms with Gasteiger partial charge in [0.15, 0.2) is 0 Å². The van der Waals surface area contributed by atoms with Crippen molar-refractivity contribution in [1.82, 2.24) is 5.32 Å². The van der Waals surface area contributed by atoms with Gasteiger partial charge in [-0.3, -0.25) is 0 Å². The van der Waals surface area contributed by atoms with Gasteiger partial charge in [0.1, 0.15) is 11.4 Å². The number of nitrogens with one attached hydrogen (secondary N) is 1. The molecule has 3 nitrogen and oxygen atoms in total. The zero-order chi connectivity index (χ0) is 13.3. The van der Waals surface area contributed by atoms with E-state index in [1.165, 1.54) is 17.7 Å². The van der Waals surface area contributed by atoms with Crippen molar-refractivity contribution in [2.75, 3.05) is 19.8 Å². The maximum Gasteiger partial charge on any atom is 0.123 e. The summed E-state index contributed by atoms with van der Waals surface area (Å²) < 4.78 is 18.1. The average Bonchev–Trinajstić information content (AvgIpc) is 2.77. The number of hydrogen-bond acceptors (Lipinski definition) is 3. The molecule has 1 heterocycles. The van der Waals surface area contributed by atoms with Gasteiger partial charge in [0, 0.05) is 25.6 Å². The van der Waals surface area contributed by atoms with Crippen LogP contribution in [0.4, 0.5) is 4.39 Å². The van der Waals surface area contributed by atoms with Gasteiger partial charge >= 0.3 is 0 Å². The SMILES string of the molecule is OC1(CNC2CC(c3ccc(F)cc3)C2)CCOC1. The summed E-state index contributed by atoms with van der Waals surface area (Å²) in [6, 6.07) is 7.24. The third-order valence-corrected chi connectivity index (χ3v) is 4.28. The Bertz CT molecular complexity index is 422. The van der Waals surface area contributed by atoms with Crippen molar-refractivity contribution in [2.24, 2.45) is 0 Å². The van der Waals surface area contributed by atoms with Crippen molar-refractivity contribution in [3.63, 3.8) is 0 Å². The fourth-order valence-electron chi connectivity index (χ4n) is 2.86. The summed E-state index contributed by atoms with van der Waals surface area (Å²) in [6.07, 6.45) is 2.83. The molecule has 1 atom stereocenters. The number of benzene rings is 1. The third-order valence-electron chi connectivity index (χ3n) is 4.28. The van der Waals surface area contributed by atoms with E-state index in [-0.39, 0.29) is 5.82 Å². The molecule has 104 valence electrons. The topological polar surface area (TPSA) is 41.5 Å². The van der Waals surface area contributed by atoms with Gasteiger partial charge in [0.2, 0.25) is 0 Å². The van der Waals surface area contributed by atoms with Gasteiger partial charge < -0.3 is 15.2 Å². The molecule has 1 aromatic carbocycles. The number of hydrogen-bond donors (Lipinski definition) is 2. The van der Waals surface area contributed by atoms with Crippen LogP contribution in [0, 0.1) is 5.82 Å². The quantitative estimate of drug-likeness (QED) is 0.872. The molecule has 0 spiro atoms. The van der Waals surface area contributed by atoms with Gasteiger partial charge in [-0.15, -0.1) is 0 Å². The van der Waals surface area contributed by atoms with Crippen LogP contribution >= 0.6 is 0 Å². The molecule has 2 aliphatic rings. The van der Waals surface area contributed by atoms with Crippen LogP contribution in [-0.2, 0) is 4.74 Å². The Morgan fingerprint density at radius 1 is 1.32 bits per heavy atom. The van der Waals surface area contributed by atoms with E-state index in [0.717, 1.165) is 12.8 Å².